The molecule has 30 heteroatoms. The van der Waals surface area contributed by atoms with Crippen LogP contribution in [0, 0.1) is 68.1 Å². The minimum atomic E-state index is -1.83. The van der Waals surface area contributed by atoms with Crippen LogP contribution in [0.2, 0.25) is 0 Å². The zero-order valence-electron chi connectivity index (χ0n) is 61.8. The van der Waals surface area contributed by atoms with Crippen LogP contribution in [-0.2, 0) is 76.3 Å². The number of methoxy groups -OCH3 is 4. The minimum Gasteiger partial charge on any atom is -0.870 e. The number of ether oxygens (including phenoxy) is 10. The molecule has 2 saturated heterocycles. The Kier molecular flexibility index (Phi) is 52.8. The number of rotatable bonds is 35. The Morgan fingerprint density at radius 2 is 0.825 bits per heavy atom. The number of aryl methyl sites for hydroxylation is 2. The van der Waals surface area contributed by atoms with Crippen molar-refractivity contribution in [3.8, 4) is 11.5 Å². The Balaban J connectivity index is -0.00000184. The summed E-state index contributed by atoms with van der Waals surface area (Å²) in [5, 5.41) is 41.8. The minimum absolute atomic E-state index is 0. The number of esters is 6. The van der Waals surface area contributed by atoms with Gasteiger partial charge < -0.3 is 89.8 Å². The third-order valence-corrected chi connectivity index (χ3v) is 16.2. The Morgan fingerprint density at radius 3 is 1.14 bits per heavy atom. The molecule has 2 aliphatic rings. The average molecular weight is 1470 g/mol. The number of cyclic esters (lactones) is 4. The molecule has 4 aromatic rings. The summed E-state index contributed by atoms with van der Waals surface area (Å²) in [4.78, 5) is 149. The average Bonchev–Trinajstić information content (AvgIpc) is 1.60. The molecule has 0 amide bonds. The first kappa shape index (κ1) is 101. The number of aliphatic hydroxyl groups is 2. The van der Waals surface area contributed by atoms with Gasteiger partial charge in [0.05, 0.1) is 86.0 Å². The molecular weight excluding hydrogens is 1380 g/mol. The van der Waals surface area contributed by atoms with Gasteiger partial charge in [-0.25, -0.2) is 0 Å². The van der Waals surface area contributed by atoms with E-state index in [9.17, 15) is 67.7 Å². The molecule has 12 unspecified atom stereocenters. The first-order chi connectivity index (χ1) is 47.1. The first-order valence-electron chi connectivity index (χ1n) is 32.2. The third-order valence-electron chi connectivity index (χ3n) is 16.2. The molecule has 2 heterocycles. The number of ketones is 4. The van der Waals surface area contributed by atoms with Gasteiger partial charge in [0.1, 0.15) is 18.1 Å². The number of aliphatic carboxylic acids is 2. The zero-order chi connectivity index (χ0) is 74.6. The van der Waals surface area contributed by atoms with Gasteiger partial charge in [-0.2, -0.15) is 6.92 Å². The quantitative estimate of drug-likeness (QED) is 0.00865. The Bertz CT molecular complexity index is 3260. The molecule has 0 bridgehead atoms. The summed E-state index contributed by atoms with van der Waals surface area (Å²) in [7, 11) is 5.04. The fourth-order valence-corrected chi connectivity index (χ4v) is 10.8. The van der Waals surface area contributed by atoms with Gasteiger partial charge in [0.2, 0.25) is 6.79 Å². The molecule has 6 rings (SSSR count). The maximum Gasteiger partial charge on any atom is 1.00 e. The summed E-state index contributed by atoms with van der Waals surface area (Å²) < 4.78 is 52.0. The molecule has 4 aromatic carbocycles. The molecule has 0 aromatic heterocycles. The number of aliphatic hydroxyl groups excluding tert-OH is 2. The molecular formula is C73H94Na3O27-. The van der Waals surface area contributed by atoms with Gasteiger partial charge in [-0.1, -0.05) is 87.4 Å². The maximum absolute atomic E-state index is 13.7. The van der Waals surface area contributed by atoms with Crippen LogP contribution in [0.3, 0.4) is 0 Å². The van der Waals surface area contributed by atoms with E-state index in [-0.39, 0.29) is 181 Å². The van der Waals surface area contributed by atoms with Crippen molar-refractivity contribution in [3.05, 3.63) is 137 Å². The van der Waals surface area contributed by atoms with Crippen LogP contribution in [0.15, 0.2) is 97.1 Å². The second kappa shape index (κ2) is 53.8. The normalized spacial score (nSPS) is 16.9. The Morgan fingerprint density at radius 1 is 0.485 bits per heavy atom. The molecule has 552 valence electrons. The fraction of sp³-hybridized carbons (Fsp3) is 0.493. The molecule has 3 N–H and O–H groups in total. The second-order valence-electron chi connectivity index (χ2n) is 22.6. The van der Waals surface area contributed by atoms with E-state index in [4.69, 9.17) is 52.8 Å². The zero-order valence-corrected chi connectivity index (χ0v) is 67.8. The van der Waals surface area contributed by atoms with Crippen molar-refractivity contribution >= 4 is 70.9 Å². The van der Waals surface area contributed by atoms with Crippen LogP contribution in [0.5, 0.6) is 11.5 Å². The number of carboxylic acids is 2. The van der Waals surface area contributed by atoms with Crippen LogP contribution in [0.25, 0.3) is 0 Å². The van der Waals surface area contributed by atoms with Gasteiger partial charge in [-0.05, 0) is 102 Å². The summed E-state index contributed by atoms with van der Waals surface area (Å²) >= 11 is 0. The third kappa shape index (κ3) is 32.0. The van der Waals surface area contributed by atoms with Gasteiger partial charge in [0, 0.05) is 81.1 Å². The van der Waals surface area contributed by atoms with Crippen LogP contribution >= 0.6 is 0 Å². The van der Waals surface area contributed by atoms with E-state index in [0.29, 0.717) is 28.9 Å². The van der Waals surface area contributed by atoms with Crippen LogP contribution in [0.1, 0.15) is 140 Å². The number of carboxylic acid groups (broad SMARTS) is 2. The summed E-state index contributed by atoms with van der Waals surface area (Å²) in [5.41, 5.74) is 3.69. The van der Waals surface area contributed by atoms with E-state index in [0.717, 1.165) is 18.2 Å². The fourth-order valence-electron chi connectivity index (χ4n) is 10.8. The summed E-state index contributed by atoms with van der Waals surface area (Å²) in [5.74, 6) is -19.0. The van der Waals surface area contributed by atoms with Crippen molar-refractivity contribution in [2.45, 2.75) is 125 Å². The SMILES string of the molecule is CCC(OC)C1C(=O)OC(=O)C1C.CCO.CCOC(=O)C(C(CC(C(=O)[O-])C(C(=O)OCOc1ccc(C(=O)CC(=O)c2ccc(C)cc2)cc1)C(CC)OC)OC)C(CC(OC)C1C(=O)OC(=O)C1C)C(=O)[O-].Cc1ccc(C(=O)CC(=O)c2ccc(OCCO)cc2)cc1.[CH2-]C.[Na+].[Na+].[Na+].[OH-]. The van der Waals surface area contributed by atoms with Gasteiger partial charge in [-0.15, -0.1) is 0 Å². The van der Waals surface area contributed by atoms with Crippen molar-refractivity contribution in [2.24, 2.45) is 47.3 Å². The predicted molar refractivity (Wildman–Crippen MR) is 353 cm³/mol. The summed E-state index contributed by atoms with van der Waals surface area (Å²) in [6.45, 7) is 18.0. The predicted octanol–water partition coefficient (Wildman–Crippen LogP) is -3.33. The number of benzene rings is 4. The maximum atomic E-state index is 13.7. The Hall–Kier alpha value is -5.96. The van der Waals surface area contributed by atoms with Crippen LogP contribution in [-0.4, -0.2) is 173 Å². The van der Waals surface area contributed by atoms with E-state index in [1.807, 2.05) is 32.9 Å². The standard InChI is InChI=1S/C42H52O17.C18H18O4.C9H14O4.C2H6O.C2H5.3Na.H2O/c1-8-31(53-5)35(41(51)58-21-57-26-16-14-25(15-17-26)30(44)20-29(43)24-12-10-22(3)11-13-24)27(37(45)46)19-33(55-7)36(40(50)56-9-2)28(38(47)48)18-32(54-6)34-23(4)39(49)59-42(34)52;1-13-2-4-14(5-3-13)17(20)12-18(21)15-6-8-16(9-7-15)22-11-10-19;1-4-6(12-3)7-5(2)8(10)13-9(7)11;1-2-3;1-2;;;;/h10-17,23,27-28,31-36H,8-9,18-21H2,1-7H3,(H,45,46)(H,47,48);2-9,19H,10-12H2,1H3;5-7H,4H2,1-3H3;3H,2H2,1H3;1H2,2H3;;;;1H2/q;;;;-1;3*+1;/p-3. The van der Waals surface area contributed by atoms with Crippen molar-refractivity contribution in [1.82, 2.24) is 0 Å². The van der Waals surface area contributed by atoms with E-state index in [1.165, 1.54) is 59.4 Å². The van der Waals surface area contributed by atoms with E-state index in [2.05, 4.69) is 11.7 Å². The van der Waals surface area contributed by atoms with Gasteiger partial charge in [0.25, 0.3) is 0 Å². The smallest absolute Gasteiger partial charge is 0.870 e. The molecule has 27 nitrogen and oxygen atoms in total. The number of carbonyl (C=O) groups excluding carboxylic acids is 12. The van der Waals surface area contributed by atoms with Crippen molar-refractivity contribution in [2.75, 3.05) is 61.7 Å². The number of hydrogen-bond donors (Lipinski definition) is 2. The van der Waals surface area contributed by atoms with Crippen molar-refractivity contribution < 1.29 is 219 Å². The second-order valence-corrected chi connectivity index (χ2v) is 22.6. The first-order valence-corrected chi connectivity index (χ1v) is 32.2. The molecule has 2 aliphatic heterocycles. The largest absolute Gasteiger partial charge is 1.00 e. The molecule has 12 atom stereocenters. The number of carbonyl (C=O) groups is 12. The molecule has 0 saturated carbocycles. The molecule has 103 heavy (non-hydrogen) atoms. The molecule has 0 spiro atoms. The molecule has 0 aliphatic carbocycles. The molecule has 0 radical (unpaired) electrons. The number of hydrogen-bond acceptors (Lipinski definition) is 27. The van der Waals surface area contributed by atoms with Gasteiger partial charge in [0.15, 0.2) is 23.1 Å². The van der Waals surface area contributed by atoms with Gasteiger partial charge in [-0.3, -0.25) is 47.9 Å². The Labute approximate surface area is 667 Å². The topological polar surface area (TPSA) is 414 Å². The van der Waals surface area contributed by atoms with Gasteiger partial charge >= 0.3 is 124 Å². The van der Waals surface area contributed by atoms with E-state index < -0.39 is 133 Å². The van der Waals surface area contributed by atoms with Crippen LogP contribution < -0.4 is 108 Å². The monoisotopic (exact) mass is 1470 g/mol. The van der Waals surface area contributed by atoms with E-state index in [1.54, 1.807) is 88.4 Å². The number of Topliss-reactive ketones (excluding diaryl/α,β-unsaturated/α-hetero) is 4. The summed E-state index contributed by atoms with van der Waals surface area (Å²) in [6, 6.07) is 26.2. The van der Waals surface area contributed by atoms with Crippen molar-refractivity contribution in [1.29, 1.82) is 0 Å². The van der Waals surface area contributed by atoms with E-state index >= 15 is 0 Å². The van der Waals surface area contributed by atoms with Crippen LogP contribution in [0.4, 0.5) is 0 Å². The summed E-state index contributed by atoms with van der Waals surface area (Å²) in [6.07, 6.45) is -5.18. The molecule has 2 fully saturated rings. The van der Waals surface area contributed by atoms with Crippen molar-refractivity contribution in [3.63, 3.8) is 0 Å².